The molecule has 0 unspecified atom stereocenters. The second-order valence-electron chi connectivity index (χ2n) is 6.57. The van der Waals surface area contributed by atoms with Gasteiger partial charge in [0.05, 0.1) is 26.0 Å². The third-order valence-corrected chi connectivity index (χ3v) is 5.05. The van der Waals surface area contributed by atoms with Crippen molar-refractivity contribution >= 4 is 11.6 Å². The lowest BCUT2D eigenvalue weighted by Crippen LogP contribution is -2.22. The summed E-state index contributed by atoms with van der Waals surface area (Å²) in [4.78, 5) is 4.47. The molecular formula is C20H16ClN5O3. The molecule has 2 aromatic heterocycles. The minimum Gasteiger partial charge on any atom is -0.497 e. The van der Waals surface area contributed by atoms with Crippen LogP contribution in [0.25, 0.3) is 23.0 Å². The van der Waals surface area contributed by atoms with E-state index in [0.29, 0.717) is 41.3 Å². The van der Waals surface area contributed by atoms with Crippen LogP contribution >= 0.6 is 11.6 Å². The summed E-state index contributed by atoms with van der Waals surface area (Å²) in [6.45, 7) is 0.892. The summed E-state index contributed by atoms with van der Waals surface area (Å²) in [7, 11) is 1.61. The van der Waals surface area contributed by atoms with E-state index in [-0.39, 0.29) is 6.10 Å². The van der Waals surface area contributed by atoms with E-state index in [0.717, 1.165) is 16.8 Å². The number of hydrogen-bond donors (Lipinski definition) is 0. The summed E-state index contributed by atoms with van der Waals surface area (Å²) in [6.07, 6.45) is -0.119. The van der Waals surface area contributed by atoms with Crippen LogP contribution in [0.4, 0.5) is 0 Å². The van der Waals surface area contributed by atoms with Gasteiger partial charge in [0, 0.05) is 10.6 Å². The number of methoxy groups -OCH3 is 1. The van der Waals surface area contributed by atoms with E-state index in [2.05, 4.69) is 20.5 Å². The summed E-state index contributed by atoms with van der Waals surface area (Å²) in [5, 5.41) is 13.3. The summed E-state index contributed by atoms with van der Waals surface area (Å²) < 4.78 is 18.5. The van der Waals surface area contributed by atoms with Gasteiger partial charge in [0.1, 0.15) is 11.9 Å². The zero-order valence-corrected chi connectivity index (χ0v) is 16.2. The summed E-state index contributed by atoms with van der Waals surface area (Å²) in [5.74, 6) is 1.47. The monoisotopic (exact) mass is 409 g/mol. The molecule has 0 bridgehead atoms. The number of hydrogen-bond acceptors (Lipinski definition) is 7. The lowest BCUT2D eigenvalue weighted by Gasteiger charge is -2.24. The molecule has 3 heterocycles. The minimum atomic E-state index is -0.119. The molecule has 0 saturated carbocycles. The molecule has 0 saturated heterocycles. The number of benzene rings is 2. The molecule has 1 aliphatic heterocycles. The van der Waals surface area contributed by atoms with Gasteiger partial charge in [-0.05, 0) is 35.9 Å². The van der Waals surface area contributed by atoms with Crippen LogP contribution < -0.4 is 4.74 Å². The number of nitrogens with zero attached hydrogens (tertiary/aromatic N) is 5. The molecule has 4 aromatic rings. The molecule has 146 valence electrons. The minimum absolute atomic E-state index is 0.119. The molecule has 0 aliphatic carbocycles. The Hall–Kier alpha value is -3.23. The number of rotatable bonds is 4. The first-order chi connectivity index (χ1) is 14.2. The van der Waals surface area contributed by atoms with Gasteiger partial charge < -0.3 is 14.0 Å². The van der Waals surface area contributed by atoms with Crippen LogP contribution in [0.5, 0.6) is 5.75 Å². The highest BCUT2D eigenvalue weighted by molar-refractivity contribution is 6.30. The molecular weight excluding hydrogens is 394 g/mol. The molecule has 5 rings (SSSR count). The second kappa shape index (κ2) is 7.31. The molecule has 0 radical (unpaired) electrons. The van der Waals surface area contributed by atoms with Crippen molar-refractivity contribution in [2.24, 2.45) is 0 Å². The van der Waals surface area contributed by atoms with Crippen LogP contribution in [0, 0.1) is 0 Å². The number of ether oxygens (including phenoxy) is 2. The van der Waals surface area contributed by atoms with Crippen molar-refractivity contribution in [2.45, 2.75) is 19.3 Å². The van der Waals surface area contributed by atoms with Crippen molar-refractivity contribution in [3.8, 4) is 28.7 Å². The zero-order valence-electron chi connectivity index (χ0n) is 15.4. The van der Waals surface area contributed by atoms with Gasteiger partial charge in [0.25, 0.3) is 5.89 Å². The highest BCUT2D eigenvalue weighted by atomic mass is 35.5. The van der Waals surface area contributed by atoms with Crippen molar-refractivity contribution < 1.29 is 14.0 Å². The van der Waals surface area contributed by atoms with Gasteiger partial charge in [-0.1, -0.05) is 40.2 Å². The zero-order chi connectivity index (χ0) is 19.8. The van der Waals surface area contributed by atoms with Gasteiger partial charge in [0.15, 0.2) is 5.69 Å². The largest absolute Gasteiger partial charge is 0.497 e. The predicted molar refractivity (Wildman–Crippen MR) is 104 cm³/mol. The quantitative estimate of drug-likeness (QED) is 0.504. The van der Waals surface area contributed by atoms with Crippen molar-refractivity contribution in [1.29, 1.82) is 0 Å². The third kappa shape index (κ3) is 3.37. The summed E-state index contributed by atoms with van der Waals surface area (Å²) in [5.41, 5.74) is 3.17. The average molecular weight is 410 g/mol. The van der Waals surface area contributed by atoms with E-state index in [1.807, 2.05) is 53.2 Å². The van der Waals surface area contributed by atoms with Crippen molar-refractivity contribution in [3.05, 3.63) is 64.8 Å². The van der Waals surface area contributed by atoms with Gasteiger partial charge in [0.2, 0.25) is 5.82 Å². The van der Waals surface area contributed by atoms with Crippen LogP contribution in [0.2, 0.25) is 5.02 Å². The molecule has 29 heavy (non-hydrogen) atoms. The first kappa shape index (κ1) is 17.8. The van der Waals surface area contributed by atoms with Crippen molar-refractivity contribution in [1.82, 2.24) is 25.1 Å². The first-order valence-corrected chi connectivity index (χ1v) is 9.37. The Morgan fingerprint density at radius 3 is 2.86 bits per heavy atom. The van der Waals surface area contributed by atoms with Crippen molar-refractivity contribution in [2.75, 3.05) is 7.11 Å². The fraction of sp³-hybridized carbons (Fsp3) is 0.200. The molecule has 0 spiro atoms. The lowest BCUT2D eigenvalue weighted by molar-refractivity contribution is -0.00111. The smallest absolute Gasteiger partial charge is 0.258 e. The molecule has 0 fully saturated rings. The molecule has 2 aromatic carbocycles. The third-order valence-electron chi connectivity index (χ3n) is 4.79. The lowest BCUT2D eigenvalue weighted by atomic mass is 10.1. The molecule has 0 amide bonds. The van der Waals surface area contributed by atoms with Gasteiger partial charge in [-0.25, -0.2) is 4.68 Å². The van der Waals surface area contributed by atoms with Gasteiger partial charge in [-0.2, -0.15) is 4.98 Å². The number of fused-ring (bicyclic) bond motifs is 1. The summed E-state index contributed by atoms with van der Waals surface area (Å²) in [6, 6.07) is 15.0. The maximum atomic E-state index is 6.03. The summed E-state index contributed by atoms with van der Waals surface area (Å²) >= 11 is 5.97. The Morgan fingerprint density at radius 2 is 2.03 bits per heavy atom. The normalized spacial score (nSPS) is 15.9. The molecule has 1 aliphatic rings. The van der Waals surface area contributed by atoms with E-state index in [1.165, 1.54) is 0 Å². The van der Waals surface area contributed by atoms with Gasteiger partial charge in [-0.15, -0.1) is 5.10 Å². The van der Waals surface area contributed by atoms with Crippen molar-refractivity contribution in [3.63, 3.8) is 0 Å². The van der Waals surface area contributed by atoms with E-state index in [9.17, 15) is 0 Å². The first-order valence-electron chi connectivity index (χ1n) is 8.99. The highest BCUT2D eigenvalue weighted by Gasteiger charge is 2.27. The Bertz CT molecular complexity index is 1160. The predicted octanol–water partition coefficient (Wildman–Crippen LogP) is 3.93. The topological polar surface area (TPSA) is 88.1 Å². The second-order valence-corrected chi connectivity index (χ2v) is 7.01. The maximum absolute atomic E-state index is 6.03. The van der Waals surface area contributed by atoms with E-state index >= 15 is 0 Å². The van der Waals surface area contributed by atoms with E-state index in [4.69, 9.17) is 25.6 Å². The van der Waals surface area contributed by atoms with E-state index in [1.54, 1.807) is 7.11 Å². The Morgan fingerprint density at radius 1 is 1.17 bits per heavy atom. The Labute approximate surface area is 171 Å². The Balaban J connectivity index is 1.40. The fourth-order valence-electron chi connectivity index (χ4n) is 3.26. The van der Waals surface area contributed by atoms with Crippen LogP contribution in [-0.4, -0.2) is 32.2 Å². The SMILES string of the molecule is COc1cccc(-c2nc(-c3nnn4c3CO[C@@H](c3ccc(Cl)cc3)C4)no2)c1. The van der Waals surface area contributed by atoms with Crippen LogP contribution in [0.3, 0.4) is 0 Å². The number of halogens is 1. The van der Waals surface area contributed by atoms with Crippen LogP contribution in [0.15, 0.2) is 53.1 Å². The highest BCUT2D eigenvalue weighted by Crippen LogP contribution is 2.31. The molecule has 8 nitrogen and oxygen atoms in total. The van der Waals surface area contributed by atoms with Gasteiger partial charge in [-0.3, -0.25) is 0 Å². The van der Waals surface area contributed by atoms with Crippen LogP contribution in [0.1, 0.15) is 17.4 Å². The fourth-order valence-corrected chi connectivity index (χ4v) is 3.38. The van der Waals surface area contributed by atoms with E-state index < -0.39 is 0 Å². The molecule has 9 heteroatoms. The molecule has 0 N–H and O–H groups in total. The molecule has 1 atom stereocenters. The average Bonchev–Trinajstić information content (AvgIpc) is 3.41. The Kier molecular flexibility index (Phi) is 4.49. The number of aromatic nitrogens is 5. The maximum Gasteiger partial charge on any atom is 0.258 e. The van der Waals surface area contributed by atoms with Gasteiger partial charge >= 0.3 is 0 Å². The van der Waals surface area contributed by atoms with Crippen LogP contribution in [-0.2, 0) is 17.9 Å². The standard InChI is InChI=1S/C20H16ClN5O3/c1-27-15-4-2-3-13(9-15)20-22-19(24-29-20)18-16-11-28-17(10-26(16)25-23-18)12-5-7-14(21)8-6-12/h2-9,17H,10-11H2,1H3/t17-/m1/s1.